The Bertz CT molecular complexity index is 421. The summed E-state index contributed by atoms with van der Waals surface area (Å²) in [6.07, 6.45) is 2.78. The summed E-state index contributed by atoms with van der Waals surface area (Å²) in [5.41, 5.74) is 6.88. The Labute approximate surface area is 107 Å². The predicted molar refractivity (Wildman–Crippen MR) is 70.1 cm³/mol. The maximum Gasteiger partial charge on any atom is 0.251 e. The van der Waals surface area contributed by atoms with Gasteiger partial charge in [-0.25, -0.2) is 0 Å². The lowest BCUT2D eigenvalue weighted by atomic mass is 10.1. The Kier molecular flexibility index (Phi) is 4.28. The van der Waals surface area contributed by atoms with E-state index in [0.29, 0.717) is 18.0 Å². The predicted octanol–water partition coefficient (Wildman–Crippen LogP) is 0.222. The van der Waals surface area contributed by atoms with Crippen molar-refractivity contribution in [3.63, 3.8) is 0 Å². The van der Waals surface area contributed by atoms with E-state index in [4.69, 9.17) is 5.73 Å². The second kappa shape index (κ2) is 5.93. The van der Waals surface area contributed by atoms with E-state index in [1.54, 1.807) is 18.3 Å². The molecular weight excluding hydrogens is 228 g/mol. The van der Waals surface area contributed by atoms with Gasteiger partial charge in [-0.05, 0) is 38.1 Å². The molecule has 0 spiro atoms. The summed E-state index contributed by atoms with van der Waals surface area (Å²) in [5.74, 6) is 0.524. The molecule has 1 aromatic rings. The number of carbonyl (C=O) groups excluding carboxylic acids is 1. The molecule has 2 rings (SSSR count). The van der Waals surface area contributed by atoms with E-state index in [1.807, 2.05) is 0 Å². The molecule has 98 valence electrons. The quantitative estimate of drug-likeness (QED) is 0.799. The molecule has 1 aliphatic heterocycles. The Hall–Kier alpha value is -1.46. The lowest BCUT2D eigenvalue weighted by molar-refractivity contribution is 0.0947. The van der Waals surface area contributed by atoms with E-state index in [2.05, 4.69) is 22.2 Å². The van der Waals surface area contributed by atoms with Crippen LogP contribution in [0, 0.1) is 5.92 Å². The highest BCUT2D eigenvalue weighted by molar-refractivity contribution is 5.94. The van der Waals surface area contributed by atoms with E-state index in [-0.39, 0.29) is 5.91 Å². The number of aromatic nitrogens is 1. The van der Waals surface area contributed by atoms with Crippen molar-refractivity contribution >= 4 is 5.91 Å². The van der Waals surface area contributed by atoms with Crippen LogP contribution in [0.5, 0.6) is 0 Å². The van der Waals surface area contributed by atoms with Crippen LogP contribution in [0.3, 0.4) is 0 Å². The third-order valence-corrected chi connectivity index (χ3v) is 3.33. The first-order valence-electron chi connectivity index (χ1n) is 6.31. The zero-order valence-corrected chi connectivity index (χ0v) is 10.7. The fraction of sp³-hybridized carbons (Fsp3) is 0.538. The summed E-state index contributed by atoms with van der Waals surface area (Å²) in [5, 5.41) is 2.98. The summed E-state index contributed by atoms with van der Waals surface area (Å²) in [6, 6.07) is 3.46. The van der Waals surface area contributed by atoms with Gasteiger partial charge in [-0.1, -0.05) is 0 Å². The number of likely N-dealkylation sites (tertiary alicyclic amines) is 1. The second-order valence-corrected chi connectivity index (χ2v) is 4.87. The molecular formula is C13H20N4O. The number of amides is 1. The molecule has 0 radical (unpaired) electrons. The minimum absolute atomic E-state index is 0.0401. The van der Waals surface area contributed by atoms with Crippen LogP contribution >= 0.6 is 0 Å². The Morgan fingerprint density at radius 1 is 1.67 bits per heavy atom. The number of hydrogen-bond donors (Lipinski definition) is 2. The van der Waals surface area contributed by atoms with Crippen molar-refractivity contribution in [1.82, 2.24) is 15.2 Å². The molecule has 1 aliphatic rings. The number of carbonyl (C=O) groups is 1. The van der Waals surface area contributed by atoms with Crippen molar-refractivity contribution in [2.24, 2.45) is 11.7 Å². The molecule has 3 N–H and O–H groups in total. The molecule has 18 heavy (non-hydrogen) atoms. The maximum atomic E-state index is 12.0. The molecule has 1 fully saturated rings. The van der Waals surface area contributed by atoms with Crippen LogP contribution in [-0.4, -0.2) is 42.5 Å². The average Bonchev–Trinajstić information content (AvgIpc) is 2.82. The topological polar surface area (TPSA) is 71.2 Å². The second-order valence-electron chi connectivity index (χ2n) is 4.87. The standard InChI is InChI=1S/C13H20N4O/c1-17-5-3-10(9-17)8-16-13(18)11-2-4-15-12(6-11)7-14/h2,4,6,10H,3,5,7-9,14H2,1H3,(H,16,18). The molecule has 1 saturated heterocycles. The lowest BCUT2D eigenvalue weighted by Gasteiger charge is -2.11. The molecule has 5 heteroatoms. The number of nitrogens with zero attached hydrogens (tertiary/aromatic N) is 2. The largest absolute Gasteiger partial charge is 0.352 e. The SMILES string of the molecule is CN1CCC(CNC(=O)c2ccnc(CN)c2)C1. The van der Waals surface area contributed by atoms with Crippen LogP contribution in [-0.2, 0) is 6.54 Å². The van der Waals surface area contributed by atoms with Gasteiger partial charge in [-0.15, -0.1) is 0 Å². The molecule has 2 heterocycles. The van der Waals surface area contributed by atoms with E-state index in [9.17, 15) is 4.79 Å². The Morgan fingerprint density at radius 3 is 3.17 bits per heavy atom. The van der Waals surface area contributed by atoms with E-state index < -0.39 is 0 Å². The third-order valence-electron chi connectivity index (χ3n) is 3.33. The van der Waals surface area contributed by atoms with E-state index in [0.717, 1.165) is 31.7 Å². The van der Waals surface area contributed by atoms with Gasteiger partial charge in [-0.3, -0.25) is 9.78 Å². The molecule has 0 aliphatic carbocycles. The van der Waals surface area contributed by atoms with Crippen LogP contribution in [0.1, 0.15) is 22.5 Å². The van der Waals surface area contributed by atoms with Crippen molar-refractivity contribution in [1.29, 1.82) is 0 Å². The van der Waals surface area contributed by atoms with Crippen LogP contribution in [0.2, 0.25) is 0 Å². The zero-order chi connectivity index (χ0) is 13.0. The monoisotopic (exact) mass is 248 g/mol. The minimum Gasteiger partial charge on any atom is -0.352 e. The van der Waals surface area contributed by atoms with Crippen molar-refractivity contribution in [2.45, 2.75) is 13.0 Å². The maximum absolute atomic E-state index is 12.0. The molecule has 0 saturated carbocycles. The highest BCUT2D eigenvalue weighted by Gasteiger charge is 2.19. The number of rotatable bonds is 4. The lowest BCUT2D eigenvalue weighted by Crippen LogP contribution is -2.30. The van der Waals surface area contributed by atoms with Crippen LogP contribution in [0.25, 0.3) is 0 Å². The molecule has 0 bridgehead atoms. The number of pyridine rings is 1. The summed E-state index contributed by atoms with van der Waals surface area (Å²) in [4.78, 5) is 18.3. The van der Waals surface area contributed by atoms with Crippen molar-refractivity contribution in [3.8, 4) is 0 Å². The minimum atomic E-state index is -0.0401. The third kappa shape index (κ3) is 3.27. The molecule has 1 atom stereocenters. The molecule has 1 unspecified atom stereocenters. The van der Waals surface area contributed by atoms with Gasteiger partial charge >= 0.3 is 0 Å². The van der Waals surface area contributed by atoms with Gasteiger partial charge in [0.2, 0.25) is 0 Å². The number of nitrogens with two attached hydrogens (primary N) is 1. The molecule has 1 aromatic heterocycles. The van der Waals surface area contributed by atoms with E-state index >= 15 is 0 Å². The Balaban J connectivity index is 1.87. The van der Waals surface area contributed by atoms with Crippen molar-refractivity contribution in [2.75, 3.05) is 26.7 Å². The fourth-order valence-electron chi connectivity index (χ4n) is 2.26. The first kappa shape index (κ1) is 13.0. The zero-order valence-electron chi connectivity index (χ0n) is 10.7. The van der Waals surface area contributed by atoms with Gasteiger partial charge in [0.1, 0.15) is 0 Å². The molecule has 0 aromatic carbocycles. The van der Waals surface area contributed by atoms with Gasteiger partial charge in [0.05, 0.1) is 5.69 Å². The summed E-state index contributed by atoms with van der Waals surface area (Å²) >= 11 is 0. The van der Waals surface area contributed by atoms with Crippen LogP contribution in [0.4, 0.5) is 0 Å². The highest BCUT2D eigenvalue weighted by atomic mass is 16.1. The fourth-order valence-corrected chi connectivity index (χ4v) is 2.26. The summed E-state index contributed by atoms with van der Waals surface area (Å²) < 4.78 is 0. The van der Waals surface area contributed by atoms with Crippen LogP contribution in [0.15, 0.2) is 18.3 Å². The van der Waals surface area contributed by atoms with Gasteiger partial charge in [0.25, 0.3) is 5.91 Å². The van der Waals surface area contributed by atoms with Crippen molar-refractivity contribution < 1.29 is 4.79 Å². The highest BCUT2D eigenvalue weighted by Crippen LogP contribution is 2.13. The smallest absolute Gasteiger partial charge is 0.251 e. The van der Waals surface area contributed by atoms with Gasteiger partial charge < -0.3 is 16.0 Å². The molecule has 5 nitrogen and oxygen atoms in total. The van der Waals surface area contributed by atoms with Gasteiger partial charge in [0, 0.05) is 31.4 Å². The first-order valence-corrected chi connectivity index (χ1v) is 6.31. The first-order chi connectivity index (χ1) is 8.69. The van der Waals surface area contributed by atoms with E-state index in [1.165, 1.54) is 0 Å². The van der Waals surface area contributed by atoms with Gasteiger partial charge in [-0.2, -0.15) is 0 Å². The summed E-state index contributed by atoms with van der Waals surface area (Å²) in [7, 11) is 2.11. The van der Waals surface area contributed by atoms with Gasteiger partial charge in [0.15, 0.2) is 0 Å². The molecule has 1 amide bonds. The Morgan fingerprint density at radius 2 is 2.50 bits per heavy atom. The average molecular weight is 248 g/mol. The summed E-state index contributed by atoms with van der Waals surface area (Å²) in [6.45, 7) is 3.27. The number of hydrogen-bond acceptors (Lipinski definition) is 4. The number of nitrogens with one attached hydrogen (secondary N) is 1. The van der Waals surface area contributed by atoms with Crippen LogP contribution < -0.4 is 11.1 Å². The van der Waals surface area contributed by atoms with Crippen molar-refractivity contribution in [3.05, 3.63) is 29.6 Å². The normalized spacial score (nSPS) is 20.0.